The number of hydrogen-bond acceptors (Lipinski definition) is 3. The molecular formula is C20H25N3O2. The number of pyridine rings is 1. The third-order valence-electron chi connectivity index (χ3n) is 4.08. The van der Waals surface area contributed by atoms with Crippen LogP contribution in [-0.4, -0.2) is 35.3 Å². The molecule has 0 atom stereocenters. The van der Waals surface area contributed by atoms with E-state index < -0.39 is 0 Å². The maximum Gasteiger partial charge on any atom is 0.257 e. The van der Waals surface area contributed by atoms with E-state index in [0.29, 0.717) is 17.7 Å². The minimum atomic E-state index is -0.271. The Hall–Kier alpha value is -2.69. The zero-order valence-electron chi connectivity index (χ0n) is 15.3. The van der Waals surface area contributed by atoms with Crippen molar-refractivity contribution in [3.8, 4) is 0 Å². The lowest BCUT2D eigenvalue weighted by Crippen LogP contribution is -2.28. The molecular weight excluding hydrogens is 314 g/mol. The van der Waals surface area contributed by atoms with Gasteiger partial charge >= 0.3 is 0 Å². The summed E-state index contributed by atoms with van der Waals surface area (Å²) in [5.41, 5.74) is 3.61. The first-order chi connectivity index (χ1) is 11.9. The van der Waals surface area contributed by atoms with Crippen LogP contribution in [0.5, 0.6) is 0 Å². The lowest BCUT2D eigenvalue weighted by molar-refractivity contribution is 0.0793. The minimum Gasteiger partial charge on any atom is -0.342 e. The molecule has 2 amide bonds. The number of nitrogens with one attached hydrogen (secondary N) is 1. The molecule has 0 saturated heterocycles. The van der Waals surface area contributed by atoms with Gasteiger partial charge in [-0.25, -0.2) is 0 Å². The van der Waals surface area contributed by atoms with Gasteiger partial charge in [0.25, 0.3) is 11.8 Å². The van der Waals surface area contributed by atoms with E-state index in [4.69, 9.17) is 0 Å². The van der Waals surface area contributed by atoms with Crippen molar-refractivity contribution in [3.63, 3.8) is 0 Å². The molecule has 0 spiro atoms. The molecule has 0 aliphatic carbocycles. The van der Waals surface area contributed by atoms with Crippen LogP contribution in [0, 0.1) is 13.8 Å². The molecule has 0 radical (unpaired) electrons. The Morgan fingerprint density at radius 1 is 1.12 bits per heavy atom. The number of nitrogens with zero attached hydrogens (tertiary/aromatic N) is 2. The molecule has 1 aromatic carbocycles. The molecule has 1 aromatic heterocycles. The van der Waals surface area contributed by atoms with Crippen molar-refractivity contribution in [1.29, 1.82) is 0 Å². The highest BCUT2D eigenvalue weighted by Gasteiger charge is 2.15. The van der Waals surface area contributed by atoms with Crippen molar-refractivity contribution in [2.45, 2.75) is 33.6 Å². The number of carbonyl (C=O) groups is 2. The molecule has 0 aliphatic heterocycles. The highest BCUT2D eigenvalue weighted by atomic mass is 16.2. The summed E-state index contributed by atoms with van der Waals surface area (Å²) >= 11 is 0. The fraction of sp³-hybridized carbons (Fsp3) is 0.350. The number of anilines is 1. The Morgan fingerprint density at radius 3 is 2.56 bits per heavy atom. The lowest BCUT2D eigenvalue weighted by Gasteiger charge is -2.17. The Labute approximate surface area is 149 Å². The summed E-state index contributed by atoms with van der Waals surface area (Å²) in [5.74, 6) is -0.394. The second-order valence-electron chi connectivity index (χ2n) is 6.32. The van der Waals surface area contributed by atoms with Crippen molar-refractivity contribution in [3.05, 3.63) is 58.9 Å². The minimum absolute atomic E-state index is 0.123. The van der Waals surface area contributed by atoms with Gasteiger partial charge in [-0.3, -0.25) is 14.6 Å². The fourth-order valence-electron chi connectivity index (χ4n) is 2.46. The van der Waals surface area contributed by atoms with Gasteiger partial charge in [0.05, 0.1) is 11.1 Å². The number of benzene rings is 1. The second-order valence-corrected chi connectivity index (χ2v) is 6.32. The van der Waals surface area contributed by atoms with Crippen LogP contribution in [-0.2, 0) is 0 Å². The van der Waals surface area contributed by atoms with Crippen LogP contribution in [0.15, 0.2) is 36.7 Å². The van der Waals surface area contributed by atoms with Crippen LogP contribution in [0.2, 0.25) is 0 Å². The summed E-state index contributed by atoms with van der Waals surface area (Å²) in [6.45, 7) is 6.68. The second kappa shape index (κ2) is 8.42. The Balaban J connectivity index is 2.16. The molecule has 5 nitrogen and oxygen atoms in total. The van der Waals surface area contributed by atoms with Gasteiger partial charge in [-0.05, 0) is 43.5 Å². The molecule has 0 saturated carbocycles. The number of amides is 2. The Morgan fingerprint density at radius 2 is 1.84 bits per heavy atom. The lowest BCUT2D eigenvalue weighted by atomic mass is 10.1. The first-order valence-electron chi connectivity index (χ1n) is 8.51. The molecule has 2 aromatic rings. The monoisotopic (exact) mass is 339 g/mol. The van der Waals surface area contributed by atoms with Gasteiger partial charge in [0.15, 0.2) is 0 Å². The van der Waals surface area contributed by atoms with Crippen LogP contribution < -0.4 is 5.32 Å². The summed E-state index contributed by atoms with van der Waals surface area (Å²) < 4.78 is 0. The number of carbonyl (C=O) groups excluding carboxylic acids is 2. The maximum atomic E-state index is 12.5. The average molecular weight is 339 g/mol. The summed E-state index contributed by atoms with van der Waals surface area (Å²) in [6.07, 6.45) is 4.94. The van der Waals surface area contributed by atoms with Crippen LogP contribution in [0.25, 0.3) is 0 Å². The molecule has 0 fully saturated rings. The highest BCUT2D eigenvalue weighted by Crippen LogP contribution is 2.17. The quantitative estimate of drug-likeness (QED) is 0.870. The maximum absolute atomic E-state index is 12.5. The van der Waals surface area contributed by atoms with Crippen molar-refractivity contribution >= 4 is 17.5 Å². The normalized spacial score (nSPS) is 10.4. The zero-order chi connectivity index (χ0) is 18.4. The summed E-state index contributed by atoms with van der Waals surface area (Å²) in [4.78, 5) is 30.7. The number of rotatable bonds is 6. The number of aromatic nitrogens is 1. The predicted octanol–water partition coefficient (Wildman–Crippen LogP) is 3.82. The van der Waals surface area contributed by atoms with E-state index in [1.165, 1.54) is 12.4 Å². The van der Waals surface area contributed by atoms with E-state index >= 15 is 0 Å². The van der Waals surface area contributed by atoms with Crippen LogP contribution in [0.4, 0.5) is 5.69 Å². The SMILES string of the molecule is CCCCN(C)C(=O)c1cncc(C(=O)Nc2cc(C)ccc2C)c1. The van der Waals surface area contributed by atoms with Crippen molar-refractivity contribution in [1.82, 2.24) is 9.88 Å². The van der Waals surface area contributed by atoms with Gasteiger partial charge in [0.2, 0.25) is 0 Å². The molecule has 132 valence electrons. The van der Waals surface area contributed by atoms with Crippen LogP contribution in [0.3, 0.4) is 0 Å². The fourth-order valence-corrected chi connectivity index (χ4v) is 2.46. The first kappa shape index (κ1) is 18.6. The van der Waals surface area contributed by atoms with Gasteiger partial charge in [-0.1, -0.05) is 25.5 Å². The molecule has 2 rings (SSSR count). The smallest absolute Gasteiger partial charge is 0.257 e. The van der Waals surface area contributed by atoms with Crippen molar-refractivity contribution in [2.75, 3.05) is 18.9 Å². The number of unbranched alkanes of at least 4 members (excludes halogenated alkanes) is 1. The number of hydrogen-bond donors (Lipinski definition) is 1. The Bertz CT molecular complexity index is 771. The molecule has 0 unspecified atom stereocenters. The van der Waals surface area contributed by atoms with Crippen LogP contribution in [0.1, 0.15) is 51.6 Å². The molecule has 5 heteroatoms. The summed E-state index contributed by atoms with van der Waals surface area (Å²) in [6, 6.07) is 7.48. The predicted molar refractivity (Wildman–Crippen MR) is 100.0 cm³/mol. The number of aryl methyl sites for hydroxylation is 2. The standard InChI is InChI=1S/C20H25N3O2/c1-5-6-9-23(4)20(25)17-11-16(12-21-13-17)19(24)22-18-10-14(2)7-8-15(18)3/h7-8,10-13H,5-6,9H2,1-4H3,(H,22,24). The van der Waals surface area contributed by atoms with Crippen LogP contribution >= 0.6 is 0 Å². The zero-order valence-corrected chi connectivity index (χ0v) is 15.3. The third-order valence-corrected chi connectivity index (χ3v) is 4.08. The van der Waals surface area contributed by atoms with E-state index in [9.17, 15) is 9.59 Å². The molecule has 0 bridgehead atoms. The van der Waals surface area contributed by atoms with Gasteiger partial charge in [-0.15, -0.1) is 0 Å². The van der Waals surface area contributed by atoms with Gasteiger partial charge < -0.3 is 10.2 Å². The van der Waals surface area contributed by atoms with E-state index in [1.807, 2.05) is 32.0 Å². The van der Waals surface area contributed by atoms with Gasteiger partial charge in [0, 0.05) is 31.7 Å². The summed E-state index contributed by atoms with van der Waals surface area (Å²) in [7, 11) is 1.76. The average Bonchev–Trinajstić information content (AvgIpc) is 2.62. The van der Waals surface area contributed by atoms with Crippen molar-refractivity contribution in [2.24, 2.45) is 0 Å². The topological polar surface area (TPSA) is 62.3 Å². The largest absolute Gasteiger partial charge is 0.342 e. The van der Waals surface area contributed by atoms with Crippen molar-refractivity contribution < 1.29 is 9.59 Å². The first-order valence-corrected chi connectivity index (χ1v) is 8.51. The molecule has 1 N–H and O–H groups in total. The van der Waals surface area contributed by atoms with E-state index in [0.717, 1.165) is 29.7 Å². The Kier molecular flexibility index (Phi) is 6.28. The van der Waals surface area contributed by atoms with Gasteiger partial charge in [0.1, 0.15) is 0 Å². The molecule has 0 aliphatic rings. The third kappa shape index (κ3) is 4.89. The molecule has 25 heavy (non-hydrogen) atoms. The van der Waals surface area contributed by atoms with Gasteiger partial charge in [-0.2, -0.15) is 0 Å². The molecule has 1 heterocycles. The highest BCUT2D eigenvalue weighted by molar-refractivity contribution is 6.06. The van der Waals surface area contributed by atoms with E-state index in [2.05, 4.69) is 17.2 Å². The van der Waals surface area contributed by atoms with E-state index in [1.54, 1.807) is 18.0 Å². The van der Waals surface area contributed by atoms with E-state index in [-0.39, 0.29) is 11.8 Å². The summed E-state index contributed by atoms with van der Waals surface area (Å²) in [5, 5.41) is 2.89.